The molecule has 0 saturated carbocycles. The fourth-order valence-electron chi connectivity index (χ4n) is 0.964. The second-order valence-corrected chi connectivity index (χ2v) is 2.56. The molecule has 3 N–H and O–H groups in total. The molecule has 1 heterocycles. The molecule has 0 bridgehead atoms. The van der Waals surface area contributed by atoms with Crippen molar-refractivity contribution in [1.29, 1.82) is 0 Å². The lowest BCUT2D eigenvalue weighted by Gasteiger charge is -2.06. The van der Waals surface area contributed by atoms with Crippen LogP contribution >= 0.6 is 0 Å². The van der Waals surface area contributed by atoms with E-state index in [-0.39, 0.29) is 24.4 Å². The average molecular weight is 197 g/mol. The van der Waals surface area contributed by atoms with Crippen molar-refractivity contribution in [2.75, 3.05) is 6.61 Å². The first kappa shape index (κ1) is 10.2. The van der Waals surface area contributed by atoms with Gasteiger partial charge in [0.1, 0.15) is 5.82 Å². The van der Waals surface area contributed by atoms with Crippen molar-refractivity contribution in [3.8, 4) is 0 Å². The van der Waals surface area contributed by atoms with Gasteiger partial charge in [0.2, 0.25) is 0 Å². The van der Waals surface area contributed by atoms with Crippen LogP contribution in [-0.2, 0) is 9.53 Å². The monoisotopic (exact) mass is 197 g/mol. The first-order chi connectivity index (χ1) is 6.65. The SMILES string of the molecule is CCOC(=O)C1=C(N)NC(=O)N=CC1. The van der Waals surface area contributed by atoms with Gasteiger partial charge in [-0.15, -0.1) is 0 Å². The van der Waals surface area contributed by atoms with Crippen LogP contribution in [0.3, 0.4) is 0 Å². The van der Waals surface area contributed by atoms with Crippen LogP contribution in [0.15, 0.2) is 16.4 Å². The number of amides is 2. The molecule has 76 valence electrons. The number of hydrogen-bond donors (Lipinski definition) is 2. The summed E-state index contributed by atoms with van der Waals surface area (Å²) in [5, 5.41) is 2.25. The van der Waals surface area contributed by atoms with Crippen molar-refractivity contribution < 1.29 is 14.3 Å². The number of carbonyl (C=O) groups is 2. The smallest absolute Gasteiger partial charge is 0.346 e. The van der Waals surface area contributed by atoms with Gasteiger partial charge in [0.25, 0.3) is 0 Å². The molecule has 0 aromatic heterocycles. The number of esters is 1. The highest BCUT2D eigenvalue weighted by atomic mass is 16.5. The van der Waals surface area contributed by atoms with E-state index in [2.05, 4.69) is 10.3 Å². The van der Waals surface area contributed by atoms with E-state index in [1.165, 1.54) is 6.21 Å². The predicted molar refractivity (Wildman–Crippen MR) is 49.5 cm³/mol. The molecule has 0 atom stereocenters. The number of nitrogens with two attached hydrogens (primary N) is 1. The minimum Gasteiger partial charge on any atom is -0.463 e. The number of nitrogens with zero attached hydrogens (tertiary/aromatic N) is 1. The zero-order chi connectivity index (χ0) is 10.6. The molecule has 0 saturated heterocycles. The number of aliphatic imine (C=N–C) groups is 1. The van der Waals surface area contributed by atoms with Crippen LogP contribution in [0.4, 0.5) is 4.79 Å². The quantitative estimate of drug-likeness (QED) is 0.604. The van der Waals surface area contributed by atoms with Crippen LogP contribution in [0.25, 0.3) is 0 Å². The Morgan fingerprint density at radius 1 is 1.79 bits per heavy atom. The van der Waals surface area contributed by atoms with Crippen LogP contribution in [0.5, 0.6) is 0 Å². The van der Waals surface area contributed by atoms with E-state index < -0.39 is 12.0 Å². The minimum atomic E-state index is -0.582. The third-order valence-corrected chi connectivity index (χ3v) is 1.59. The van der Waals surface area contributed by atoms with Gasteiger partial charge in [-0.3, -0.25) is 5.32 Å². The molecule has 1 aliphatic rings. The summed E-state index contributed by atoms with van der Waals surface area (Å²) in [7, 11) is 0. The first-order valence-corrected chi connectivity index (χ1v) is 4.14. The molecular formula is C8H11N3O3. The van der Waals surface area contributed by atoms with E-state index in [0.717, 1.165) is 0 Å². The summed E-state index contributed by atoms with van der Waals surface area (Å²) < 4.78 is 4.75. The van der Waals surface area contributed by atoms with Crippen LogP contribution < -0.4 is 11.1 Å². The summed E-state index contributed by atoms with van der Waals surface area (Å²) in [6.45, 7) is 1.96. The molecule has 0 spiro atoms. The van der Waals surface area contributed by atoms with E-state index in [9.17, 15) is 9.59 Å². The molecule has 0 fully saturated rings. The number of nitrogens with one attached hydrogen (secondary N) is 1. The second-order valence-electron chi connectivity index (χ2n) is 2.56. The Labute approximate surface area is 80.8 Å². The highest BCUT2D eigenvalue weighted by Gasteiger charge is 2.17. The van der Waals surface area contributed by atoms with Crippen molar-refractivity contribution in [3.05, 3.63) is 11.4 Å². The lowest BCUT2D eigenvalue weighted by atomic mass is 10.2. The van der Waals surface area contributed by atoms with Crippen molar-refractivity contribution in [3.63, 3.8) is 0 Å². The van der Waals surface area contributed by atoms with Gasteiger partial charge in [-0.05, 0) is 6.92 Å². The molecule has 1 aliphatic heterocycles. The number of hydrogen-bond acceptors (Lipinski definition) is 4. The Balaban J connectivity index is 2.84. The first-order valence-electron chi connectivity index (χ1n) is 4.14. The molecule has 2 amide bonds. The summed E-state index contributed by atoms with van der Waals surface area (Å²) in [4.78, 5) is 25.6. The predicted octanol–water partition coefficient (Wildman–Crippen LogP) is -0.0961. The van der Waals surface area contributed by atoms with Crippen molar-refractivity contribution in [2.24, 2.45) is 10.7 Å². The van der Waals surface area contributed by atoms with Crippen molar-refractivity contribution in [1.82, 2.24) is 5.32 Å². The minimum absolute atomic E-state index is 0.00551. The Hall–Kier alpha value is -1.85. The molecule has 0 aromatic carbocycles. The van der Waals surface area contributed by atoms with E-state index in [4.69, 9.17) is 10.5 Å². The molecule has 0 radical (unpaired) electrons. The standard InChI is InChI=1S/C8H11N3O3/c1-2-14-7(12)5-3-4-10-8(13)11-6(5)9/h4H,2-3,9H2,1H3,(H,11,13). The summed E-state index contributed by atoms with van der Waals surface area (Å²) in [5.41, 5.74) is 5.69. The number of rotatable bonds is 2. The summed E-state index contributed by atoms with van der Waals surface area (Å²) in [6.07, 6.45) is 1.52. The highest BCUT2D eigenvalue weighted by molar-refractivity contribution is 5.97. The maximum Gasteiger partial charge on any atom is 0.346 e. The number of carbonyl (C=O) groups excluding carboxylic acids is 2. The second kappa shape index (κ2) is 4.40. The van der Waals surface area contributed by atoms with Crippen LogP contribution in [0.1, 0.15) is 13.3 Å². The van der Waals surface area contributed by atoms with Crippen LogP contribution in [0.2, 0.25) is 0 Å². The van der Waals surface area contributed by atoms with Gasteiger partial charge < -0.3 is 10.5 Å². The van der Waals surface area contributed by atoms with Gasteiger partial charge in [-0.2, -0.15) is 0 Å². The topological polar surface area (TPSA) is 93.8 Å². The zero-order valence-corrected chi connectivity index (χ0v) is 7.74. The Morgan fingerprint density at radius 3 is 3.14 bits per heavy atom. The molecule has 0 unspecified atom stereocenters. The van der Waals surface area contributed by atoms with Crippen molar-refractivity contribution >= 4 is 18.2 Å². The molecule has 0 aromatic rings. The lowest BCUT2D eigenvalue weighted by Crippen LogP contribution is -2.27. The Kier molecular flexibility index (Phi) is 3.22. The third-order valence-electron chi connectivity index (χ3n) is 1.59. The van der Waals surface area contributed by atoms with Gasteiger partial charge >= 0.3 is 12.0 Å². The van der Waals surface area contributed by atoms with Crippen LogP contribution in [0, 0.1) is 0 Å². The van der Waals surface area contributed by atoms with Gasteiger partial charge in [0, 0.05) is 12.6 Å². The number of urea groups is 1. The van der Waals surface area contributed by atoms with Crippen LogP contribution in [-0.4, -0.2) is 24.8 Å². The van der Waals surface area contributed by atoms with E-state index in [1.807, 2.05) is 0 Å². The largest absolute Gasteiger partial charge is 0.463 e. The number of ether oxygens (including phenoxy) is 1. The maximum absolute atomic E-state index is 11.3. The van der Waals surface area contributed by atoms with E-state index >= 15 is 0 Å². The van der Waals surface area contributed by atoms with Crippen molar-refractivity contribution in [2.45, 2.75) is 13.3 Å². The third kappa shape index (κ3) is 2.32. The molecule has 6 heteroatoms. The fourth-order valence-corrected chi connectivity index (χ4v) is 0.964. The summed E-state index contributed by atoms with van der Waals surface area (Å²) in [5.74, 6) is -0.524. The average Bonchev–Trinajstić information content (AvgIpc) is 2.27. The molecule has 14 heavy (non-hydrogen) atoms. The molecule has 6 nitrogen and oxygen atoms in total. The zero-order valence-electron chi connectivity index (χ0n) is 7.74. The fraction of sp³-hybridized carbons (Fsp3) is 0.375. The van der Waals surface area contributed by atoms with Gasteiger partial charge in [0.05, 0.1) is 12.2 Å². The van der Waals surface area contributed by atoms with Gasteiger partial charge in [-0.1, -0.05) is 0 Å². The summed E-state index contributed by atoms with van der Waals surface area (Å²) in [6, 6.07) is -0.582. The Bertz CT molecular complexity index is 320. The van der Waals surface area contributed by atoms with Gasteiger partial charge in [0.15, 0.2) is 0 Å². The van der Waals surface area contributed by atoms with E-state index in [0.29, 0.717) is 0 Å². The molecular weight excluding hydrogens is 186 g/mol. The normalized spacial score (nSPS) is 16.2. The summed E-state index contributed by atoms with van der Waals surface area (Å²) >= 11 is 0. The highest BCUT2D eigenvalue weighted by Crippen LogP contribution is 2.07. The maximum atomic E-state index is 11.3. The van der Waals surface area contributed by atoms with E-state index in [1.54, 1.807) is 6.92 Å². The Morgan fingerprint density at radius 2 is 2.50 bits per heavy atom. The molecule has 0 aliphatic carbocycles. The molecule has 1 rings (SSSR count). The van der Waals surface area contributed by atoms with Gasteiger partial charge in [-0.25, -0.2) is 14.6 Å². The lowest BCUT2D eigenvalue weighted by molar-refractivity contribution is -0.138.